The second-order valence-corrected chi connectivity index (χ2v) is 5.97. The van der Waals surface area contributed by atoms with Crippen molar-refractivity contribution in [3.8, 4) is 5.75 Å². The molecule has 0 aliphatic rings. The number of ether oxygens (including phenoxy) is 1. The third kappa shape index (κ3) is 3.95. The van der Waals surface area contributed by atoms with Crippen LogP contribution in [0.25, 0.3) is 10.9 Å². The summed E-state index contributed by atoms with van der Waals surface area (Å²) in [6.45, 7) is 0.529. The molecule has 7 nitrogen and oxygen atoms in total. The average molecular weight is 369 g/mol. The Morgan fingerprint density at radius 3 is 2.78 bits per heavy atom. The molecule has 0 bridgehead atoms. The van der Waals surface area contributed by atoms with E-state index in [2.05, 4.69) is 20.6 Å². The number of amides is 1. The zero-order chi connectivity index (χ0) is 19.4. The van der Waals surface area contributed by atoms with Crippen molar-refractivity contribution < 1.29 is 13.9 Å². The van der Waals surface area contributed by atoms with E-state index in [1.807, 2.05) is 6.07 Å². The van der Waals surface area contributed by atoms with E-state index in [0.717, 1.165) is 5.56 Å². The summed E-state index contributed by atoms with van der Waals surface area (Å²) in [6, 6.07) is 9.35. The van der Waals surface area contributed by atoms with E-state index >= 15 is 0 Å². The standard InChI is InChI=1S/C19H20FN5O2/c1-22-9-16(11-4-3-5-12(20)6-11)25-19-15-8-13(27-2)7-14(18(21)26)17(15)23-10-24-19/h3-8,10,16,22H,9H2,1-2H3,(H2,21,26)(H,23,24,25). The summed E-state index contributed by atoms with van der Waals surface area (Å²) in [6.07, 6.45) is 1.35. The van der Waals surface area contributed by atoms with Gasteiger partial charge in [-0.05, 0) is 36.9 Å². The molecule has 1 heterocycles. The lowest BCUT2D eigenvalue weighted by molar-refractivity contribution is 0.100. The summed E-state index contributed by atoms with van der Waals surface area (Å²) in [5.74, 6) is 0.0251. The number of nitrogens with zero attached hydrogens (tertiary/aromatic N) is 2. The number of nitrogens with two attached hydrogens (primary N) is 1. The van der Waals surface area contributed by atoms with Crippen molar-refractivity contribution in [1.82, 2.24) is 15.3 Å². The number of rotatable bonds is 7. The van der Waals surface area contributed by atoms with Gasteiger partial charge in [-0.3, -0.25) is 4.79 Å². The Kier molecular flexibility index (Phi) is 5.46. The molecule has 1 unspecified atom stereocenters. The smallest absolute Gasteiger partial charge is 0.251 e. The van der Waals surface area contributed by atoms with E-state index in [-0.39, 0.29) is 17.4 Å². The molecule has 27 heavy (non-hydrogen) atoms. The Labute approximate surface area is 155 Å². The van der Waals surface area contributed by atoms with Crippen molar-refractivity contribution in [2.75, 3.05) is 26.0 Å². The van der Waals surface area contributed by atoms with Gasteiger partial charge in [0.05, 0.1) is 24.2 Å². The van der Waals surface area contributed by atoms with Gasteiger partial charge in [0.15, 0.2) is 0 Å². The van der Waals surface area contributed by atoms with Gasteiger partial charge in [0, 0.05) is 11.9 Å². The molecule has 0 spiro atoms. The molecule has 8 heteroatoms. The second-order valence-electron chi connectivity index (χ2n) is 5.97. The van der Waals surface area contributed by atoms with E-state index in [9.17, 15) is 9.18 Å². The van der Waals surface area contributed by atoms with Crippen LogP contribution in [0.5, 0.6) is 5.75 Å². The lowest BCUT2D eigenvalue weighted by Gasteiger charge is -2.21. The quantitative estimate of drug-likeness (QED) is 0.590. The molecule has 0 saturated carbocycles. The Balaban J connectivity index is 2.09. The fourth-order valence-electron chi connectivity index (χ4n) is 2.91. The van der Waals surface area contributed by atoms with Crippen LogP contribution in [0.1, 0.15) is 22.0 Å². The SMILES string of the molecule is CNCC(Nc1ncnc2c(C(N)=O)cc(OC)cc12)c1cccc(F)c1. The van der Waals surface area contributed by atoms with E-state index in [0.29, 0.717) is 29.0 Å². The Bertz CT molecular complexity index is 979. The molecule has 2 aromatic carbocycles. The highest BCUT2D eigenvalue weighted by atomic mass is 19.1. The van der Waals surface area contributed by atoms with E-state index < -0.39 is 5.91 Å². The number of carbonyl (C=O) groups excluding carboxylic acids is 1. The van der Waals surface area contributed by atoms with Crippen molar-refractivity contribution in [2.24, 2.45) is 5.73 Å². The molecule has 140 valence electrons. The first-order valence-corrected chi connectivity index (χ1v) is 8.32. The molecule has 1 amide bonds. The molecule has 4 N–H and O–H groups in total. The number of primary amides is 1. The van der Waals surface area contributed by atoms with Crippen LogP contribution in [0.2, 0.25) is 0 Å². The minimum atomic E-state index is -0.611. The predicted octanol–water partition coefficient (Wildman–Crippen LogP) is 2.25. The highest BCUT2D eigenvalue weighted by molar-refractivity contribution is 6.07. The van der Waals surface area contributed by atoms with Crippen LogP contribution >= 0.6 is 0 Å². The maximum absolute atomic E-state index is 13.7. The van der Waals surface area contributed by atoms with E-state index in [4.69, 9.17) is 10.5 Å². The van der Waals surface area contributed by atoms with Gasteiger partial charge >= 0.3 is 0 Å². The van der Waals surface area contributed by atoms with Crippen molar-refractivity contribution in [3.63, 3.8) is 0 Å². The number of hydrogen-bond acceptors (Lipinski definition) is 6. The van der Waals surface area contributed by atoms with Gasteiger partial charge in [-0.1, -0.05) is 12.1 Å². The fraction of sp³-hybridized carbons (Fsp3) is 0.211. The first kappa shape index (κ1) is 18.5. The van der Waals surface area contributed by atoms with Gasteiger partial charge in [0.1, 0.15) is 23.7 Å². The molecule has 0 aliphatic carbocycles. The van der Waals surface area contributed by atoms with Gasteiger partial charge < -0.3 is 21.1 Å². The Morgan fingerprint density at radius 1 is 1.30 bits per heavy atom. The molecule has 0 saturated heterocycles. The fourth-order valence-corrected chi connectivity index (χ4v) is 2.91. The van der Waals surface area contributed by atoms with Crippen LogP contribution < -0.4 is 21.1 Å². The van der Waals surface area contributed by atoms with Crippen molar-refractivity contribution in [1.29, 1.82) is 0 Å². The summed E-state index contributed by atoms with van der Waals surface area (Å²) >= 11 is 0. The number of anilines is 1. The number of methoxy groups -OCH3 is 1. The van der Waals surface area contributed by atoms with Crippen molar-refractivity contribution in [2.45, 2.75) is 6.04 Å². The molecule has 0 radical (unpaired) electrons. The summed E-state index contributed by atoms with van der Waals surface area (Å²) < 4.78 is 18.9. The molecule has 1 atom stereocenters. The Morgan fingerprint density at radius 2 is 2.11 bits per heavy atom. The van der Waals surface area contributed by atoms with Crippen LogP contribution in [0.3, 0.4) is 0 Å². The summed E-state index contributed by atoms with van der Waals surface area (Å²) in [7, 11) is 3.31. The number of aromatic nitrogens is 2. The first-order valence-electron chi connectivity index (χ1n) is 8.32. The van der Waals surface area contributed by atoms with Crippen LogP contribution in [-0.4, -0.2) is 36.6 Å². The van der Waals surface area contributed by atoms with E-state index in [1.54, 1.807) is 25.2 Å². The normalized spacial score (nSPS) is 12.0. The zero-order valence-electron chi connectivity index (χ0n) is 15.0. The predicted molar refractivity (Wildman–Crippen MR) is 101 cm³/mol. The maximum Gasteiger partial charge on any atom is 0.251 e. The highest BCUT2D eigenvalue weighted by Gasteiger charge is 2.17. The van der Waals surface area contributed by atoms with Gasteiger partial charge in [0.2, 0.25) is 0 Å². The Hall–Kier alpha value is -3.26. The van der Waals surface area contributed by atoms with Crippen molar-refractivity contribution >= 4 is 22.6 Å². The number of likely N-dealkylation sites (N-methyl/N-ethyl adjacent to an activating group) is 1. The minimum absolute atomic E-state index is 0.241. The summed E-state index contributed by atoms with van der Waals surface area (Å²) in [5.41, 5.74) is 6.90. The lowest BCUT2D eigenvalue weighted by Crippen LogP contribution is -2.24. The van der Waals surface area contributed by atoms with Crippen LogP contribution in [-0.2, 0) is 0 Å². The molecular formula is C19H20FN5O2. The van der Waals surface area contributed by atoms with Crippen LogP contribution in [0, 0.1) is 5.82 Å². The monoisotopic (exact) mass is 369 g/mol. The molecule has 3 rings (SSSR count). The summed E-state index contributed by atoms with van der Waals surface area (Å²) in [5, 5.41) is 6.96. The van der Waals surface area contributed by atoms with Gasteiger partial charge in [0.25, 0.3) is 5.91 Å². The maximum atomic E-state index is 13.7. The third-order valence-corrected chi connectivity index (χ3v) is 4.18. The molecule has 0 fully saturated rings. The first-order chi connectivity index (χ1) is 13.0. The van der Waals surface area contributed by atoms with Crippen molar-refractivity contribution in [3.05, 3.63) is 59.7 Å². The number of hydrogen-bond donors (Lipinski definition) is 3. The molecule has 3 aromatic rings. The lowest BCUT2D eigenvalue weighted by atomic mass is 10.1. The summed E-state index contributed by atoms with van der Waals surface area (Å²) in [4.78, 5) is 20.3. The number of fused-ring (bicyclic) bond motifs is 1. The zero-order valence-corrected chi connectivity index (χ0v) is 15.0. The number of carbonyl (C=O) groups is 1. The minimum Gasteiger partial charge on any atom is -0.497 e. The van der Waals surface area contributed by atoms with Gasteiger partial charge in [-0.15, -0.1) is 0 Å². The van der Waals surface area contributed by atoms with Crippen LogP contribution in [0.4, 0.5) is 10.2 Å². The number of halogens is 1. The van der Waals surface area contributed by atoms with Gasteiger partial charge in [-0.2, -0.15) is 0 Å². The average Bonchev–Trinajstić information content (AvgIpc) is 2.67. The number of benzene rings is 2. The largest absolute Gasteiger partial charge is 0.497 e. The molecular weight excluding hydrogens is 349 g/mol. The van der Waals surface area contributed by atoms with Crippen LogP contribution in [0.15, 0.2) is 42.7 Å². The second kappa shape index (κ2) is 7.96. The molecule has 1 aromatic heterocycles. The number of nitrogens with one attached hydrogen (secondary N) is 2. The highest BCUT2D eigenvalue weighted by Crippen LogP contribution is 2.30. The topological polar surface area (TPSA) is 102 Å². The van der Waals surface area contributed by atoms with Gasteiger partial charge in [-0.25, -0.2) is 14.4 Å². The third-order valence-electron chi connectivity index (χ3n) is 4.18. The molecule has 0 aliphatic heterocycles. The van der Waals surface area contributed by atoms with E-state index in [1.165, 1.54) is 25.6 Å².